The van der Waals surface area contributed by atoms with Crippen LogP contribution >= 0.6 is 0 Å². The number of alkyl halides is 3. The first-order valence-electron chi connectivity index (χ1n) is 7.00. The molecule has 24 heavy (non-hydrogen) atoms. The summed E-state index contributed by atoms with van der Waals surface area (Å²) in [7, 11) is -0.0146. The van der Waals surface area contributed by atoms with Gasteiger partial charge in [0.1, 0.15) is 0 Å². The Balaban J connectivity index is 0.000000522. The van der Waals surface area contributed by atoms with E-state index in [1.54, 1.807) is 0 Å². The molecule has 0 amide bonds. The van der Waals surface area contributed by atoms with E-state index in [0.717, 1.165) is 0 Å². The largest absolute Gasteiger partial charge is 0.379 e. The summed E-state index contributed by atoms with van der Waals surface area (Å²) in [5, 5.41) is 0. The molecule has 0 aliphatic heterocycles. The van der Waals surface area contributed by atoms with Crippen molar-refractivity contribution in [2.75, 3.05) is 0 Å². The fourth-order valence-electron chi connectivity index (χ4n) is 2.08. The van der Waals surface area contributed by atoms with Crippen molar-refractivity contribution in [3.05, 3.63) is 91.0 Å². The molecule has 0 unspecified atom stereocenters. The molecule has 126 valence electrons. The molecule has 0 saturated heterocycles. The SMILES string of the molecule is C.FC(F)F.c1ccc([S+](c2ccccc2)c2ccccc2)cc1. The van der Waals surface area contributed by atoms with Crippen molar-refractivity contribution in [3.8, 4) is 0 Å². The van der Waals surface area contributed by atoms with Crippen LogP contribution in [-0.4, -0.2) is 6.68 Å². The van der Waals surface area contributed by atoms with Gasteiger partial charge >= 0.3 is 6.68 Å². The zero-order chi connectivity index (χ0) is 16.5. The molecule has 0 aliphatic rings. The Kier molecular flexibility index (Phi) is 8.72. The quantitative estimate of drug-likeness (QED) is 0.468. The van der Waals surface area contributed by atoms with Crippen LogP contribution in [0.2, 0.25) is 0 Å². The van der Waals surface area contributed by atoms with E-state index in [4.69, 9.17) is 0 Å². The van der Waals surface area contributed by atoms with Crippen molar-refractivity contribution in [1.82, 2.24) is 0 Å². The molecule has 0 nitrogen and oxygen atoms in total. The highest BCUT2D eigenvalue weighted by Crippen LogP contribution is 2.30. The predicted octanol–water partition coefficient (Wildman–Crippen LogP) is 6.60. The highest BCUT2D eigenvalue weighted by molar-refractivity contribution is 7.97. The van der Waals surface area contributed by atoms with Crippen molar-refractivity contribution in [1.29, 1.82) is 0 Å². The average molecular weight is 349 g/mol. The lowest BCUT2D eigenvalue weighted by atomic mass is 10.4. The molecule has 3 rings (SSSR count). The summed E-state index contributed by atoms with van der Waals surface area (Å²) < 4.78 is 29.0. The minimum Gasteiger partial charge on any atom is -0.174 e. The maximum Gasteiger partial charge on any atom is 0.379 e. The van der Waals surface area contributed by atoms with Gasteiger partial charge < -0.3 is 0 Å². The number of halogens is 3. The van der Waals surface area contributed by atoms with Gasteiger partial charge in [-0.1, -0.05) is 62.0 Å². The lowest BCUT2D eigenvalue weighted by Gasteiger charge is -2.07. The molecule has 0 heterocycles. The van der Waals surface area contributed by atoms with Crippen LogP contribution < -0.4 is 0 Å². The van der Waals surface area contributed by atoms with E-state index in [-0.39, 0.29) is 18.3 Å². The van der Waals surface area contributed by atoms with Gasteiger partial charge in [-0.2, -0.15) is 13.2 Å². The van der Waals surface area contributed by atoms with Crippen molar-refractivity contribution >= 4 is 10.9 Å². The minimum absolute atomic E-state index is 0. The third kappa shape index (κ3) is 6.13. The van der Waals surface area contributed by atoms with E-state index >= 15 is 0 Å². The van der Waals surface area contributed by atoms with Gasteiger partial charge in [0.05, 0.1) is 10.9 Å². The summed E-state index contributed by atoms with van der Waals surface area (Å²) in [4.78, 5) is 4.08. The topological polar surface area (TPSA) is 0 Å². The van der Waals surface area contributed by atoms with Crippen molar-refractivity contribution in [2.45, 2.75) is 28.8 Å². The van der Waals surface area contributed by atoms with Crippen LogP contribution in [0.25, 0.3) is 0 Å². The Morgan fingerprint density at radius 3 is 0.917 bits per heavy atom. The smallest absolute Gasteiger partial charge is 0.174 e. The Morgan fingerprint density at radius 1 is 0.500 bits per heavy atom. The van der Waals surface area contributed by atoms with Crippen LogP contribution in [0.1, 0.15) is 7.43 Å². The summed E-state index contributed by atoms with van der Waals surface area (Å²) in [5.74, 6) is 0. The van der Waals surface area contributed by atoms with Crippen LogP contribution in [0.15, 0.2) is 106 Å². The Bertz CT molecular complexity index is 576. The number of benzene rings is 3. The van der Waals surface area contributed by atoms with E-state index in [2.05, 4.69) is 91.0 Å². The molecule has 0 spiro atoms. The molecule has 3 aromatic carbocycles. The van der Waals surface area contributed by atoms with Gasteiger partial charge in [-0.3, -0.25) is 0 Å². The molecule has 0 bridgehead atoms. The normalized spacial score (nSPS) is 9.88. The van der Waals surface area contributed by atoms with E-state index in [1.807, 2.05) is 0 Å². The minimum atomic E-state index is -3.67. The van der Waals surface area contributed by atoms with Gasteiger partial charge in [-0.25, -0.2) is 0 Å². The molecule has 0 saturated carbocycles. The maximum atomic E-state index is 9.67. The molecule has 0 N–H and O–H groups in total. The van der Waals surface area contributed by atoms with Gasteiger partial charge in [-0.15, -0.1) is 0 Å². The summed E-state index contributed by atoms with van der Waals surface area (Å²) >= 11 is 0. The van der Waals surface area contributed by atoms with Crippen LogP contribution in [-0.2, 0) is 10.9 Å². The lowest BCUT2D eigenvalue weighted by molar-refractivity contribution is 0.00819. The highest BCUT2D eigenvalue weighted by Gasteiger charge is 2.27. The van der Waals surface area contributed by atoms with Crippen LogP contribution in [0, 0.1) is 0 Å². The molecule has 0 aliphatic carbocycles. The molecule has 0 atom stereocenters. The molecule has 4 heteroatoms. The van der Waals surface area contributed by atoms with Gasteiger partial charge in [-0.05, 0) is 36.4 Å². The standard InChI is InChI=1S/C18H15S.CHF3.CH4/c1-4-10-16(11-5-1)19(17-12-6-2-7-13-17)18-14-8-3-9-15-18;2-1(3)4;/h1-15H;1H;1H4/q+1;;. The zero-order valence-electron chi connectivity index (χ0n) is 12.3. The van der Waals surface area contributed by atoms with E-state index < -0.39 is 6.68 Å². The maximum absolute atomic E-state index is 9.67. The monoisotopic (exact) mass is 349 g/mol. The second-order valence-corrected chi connectivity index (χ2v) is 6.52. The van der Waals surface area contributed by atoms with Crippen molar-refractivity contribution in [2.24, 2.45) is 0 Å². The molecular weight excluding hydrogens is 329 g/mol. The molecule has 0 aromatic heterocycles. The van der Waals surface area contributed by atoms with Gasteiger partial charge in [0, 0.05) is 0 Å². The van der Waals surface area contributed by atoms with E-state index in [9.17, 15) is 13.2 Å². The van der Waals surface area contributed by atoms with Crippen molar-refractivity contribution < 1.29 is 13.2 Å². The third-order valence-corrected chi connectivity index (χ3v) is 5.17. The third-order valence-electron chi connectivity index (χ3n) is 2.94. The van der Waals surface area contributed by atoms with Gasteiger partial charge in [0.15, 0.2) is 14.7 Å². The Morgan fingerprint density at radius 2 is 0.708 bits per heavy atom. The van der Waals surface area contributed by atoms with Crippen molar-refractivity contribution in [3.63, 3.8) is 0 Å². The first-order chi connectivity index (χ1) is 11.2. The fraction of sp³-hybridized carbons (Fsp3) is 0.100. The molecule has 3 aromatic rings. The van der Waals surface area contributed by atoms with Crippen LogP contribution in [0.4, 0.5) is 13.2 Å². The second kappa shape index (κ2) is 10.6. The molecular formula is C20H20F3S+. The second-order valence-electron chi connectivity index (χ2n) is 4.49. The summed E-state index contributed by atoms with van der Waals surface area (Å²) in [5.41, 5.74) is 0. The number of hydrogen-bond donors (Lipinski definition) is 0. The summed E-state index contributed by atoms with van der Waals surface area (Å²) in [6.07, 6.45) is 0. The van der Waals surface area contributed by atoms with Crippen LogP contribution in [0.3, 0.4) is 0 Å². The molecule has 0 fully saturated rings. The summed E-state index contributed by atoms with van der Waals surface area (Å²) in [6.45, 7) is -3.67. The lowest BCUT2D eigenvalue weighted by Crippen LogP contribution is -2.04. The number of rotatable bonds is 3. The molecule has 0 radical (unpaired) electrons. The Labute approximate surface area is 144 Å². The predicted molar refractivity (Wildman–Crippen MR) is 95.3 cm³/mol. The average Bonchev–Trinajstić information content (AvgIpc) is 2.58. The first-order valence-corrected chi connectivity index (χ1v) is 8.22. The van der Waals surface area contributed by atoms with E-state index in [1.165, 1.54) is 14.7 Å². The van der Waals surface area contributed by atoms with Crippen LogP contribution in [0.5, 0.6) is 0 Å². The van der Waals surface area contributed by atoms with Gasteiger partial charge in [0.25, 0.3) is 0 Å². The Hall–Kier alpha value is -2.20. The highest BCUT2D eigenvalue weighted by atomic mass is 32.2. The zero-order valence-corrected chi connectivity index (χ0v) is 13.1. The number of hydrogen-bond acceptors (Lipinski definition) is 0. The summed E-state index contributed by atoms with van der Waals surface area (Å²) in [6, 6.07) is 32.2. The van der Waals surface area contributed by atoms with E-state index in [0.29, 0.717) is 0 Å². The fourth-order valence-corrected chi connectivity index (χ4v) is 4.18. The van der Waals surface area contributed by atoms with Gasteiger partial charge in [0.2, 0.25) is 0 Å². The first kappa shape index (κ1) is 19.8.